The van der Waals surface area contributed by atoms with Crippen molar-refractivity contribution in [1.29, 1.82) is 0 Å². The van der Waals surface area contributed by atoms with Gasteiger partial charge in [-0.15, -0.1) is 0 Å². The van der Waals surface area contributed by atoms with Gasteiger partial charge in [0.05, 0.1) is 12.2 Å². The molecule has 0 saturated carbocycles. The van der Waals surface area contributed by atoms with Crippen LogP contribution >= 0.6 is 0 Å². The molecule has 1 saturated heterocycles. The number of ether oxygens (including phenoxy) is 2. The smallest absolute Gasteiger partial charge is 0.258 e. The zero-order valence-electron chi connectivity index (χ0n) is 14.8. The molecule has 1 aliphatic heterocycles. The zero-order chi connectivity index (χ0) is 17.7. The molecule has 5 nitrogen and oxygen atoms in total. The highest BCUT2D eigenvalue weighted by Gasteiger charge is 2.33. The van der Waals surface area contributed by atoms with Crippen LogP contribution in [0.25, 0.3) is 0 Å². The predicted octanol–water partition coefficient (Wildman–Crippen LogP) is 2.21. The van der Waals surface area contributed by atoms with Gasteiger partial charge in [0, 0.05) is 25.2 Å². The molecule has 1 aromatic rings. The van der Waals surface area contributed by atoms with Crippen LogP contribution in [0.2, 0.25) is 0 Å². The predicted molar refractivity (Wildman–Crippen MR) is 90.6 cm³/mol. The van der Waals surface area contributed by atoms with Crippen molar-refractivity contribution < 1.29 is 18.7 Å². The summed E-state index contributed by atoms with van der Waals surface area (Å²) in [6, 6.07) is 5.61. The first-order valence-electron chi connectivity index (χ1n) is 8.32. The molecule has 1 amide bonds. The van der Waals surface area contributed by atoms with Crippen molar-refractivity contribution in [3.8, 4) is 5.75 Å². The number of rotatable bonds is 6. The van der Waals surface area contributed by atoms with E-state index in [0.29, 0.717) is 12.3 Å². The lowest BCUT2D eigenvalue weighted by atomic mass is 10.00. The molecule has 1 aromatic carbocycles. The van der Waals surface area contributed by atoms with E-state index >= 15 is 0 Å². The highest BCUT2D eigenvalue weighted by atomic mass is 19.1. The van der Waals surface area contributed by atoms with Crippen LogP contribution in [0.15, 0.2) is 24.3 Å². The summed E-state index contributed by atoms with van der Waals surface area (Å²) in [6.07, 6.45) is 0.371. The summed E-state index contributed by atoms with van der Waals surface area (Å²) in [5, 5.41) is 2.91. The van der Waals surface area contributed by atoms with Crippen molar-refractivity contribution in [2.24, 2.45) is 0 Å². The number of morpholine rings is 1. The van der Waals surface area contributed by atoms with E-state index in [1.807, 2.05) is 0 Å². The Balaban J connectivity index is 1.78. The van der Waals surface area contributed by atoms with E-state index in [9.17, 15) is 9.18 Å². The lowest BCUT2D eigenvalue weighted by Crippen LogP contribution is -2.58. The van der Waals surface area contributed by atoms with Crippen molar-refractivity contribution >= 4 is 5.91 Å². The third-order valence-electron chi connectivity index (χ3n) is 4.18. The summed E-state index contributed by atoms with van der Waals surface area (Å²) in [6.45, 7) is 10.5. The molecule has 0 aliphatic carbocycles. The number of carbonyl (C=O) groups excluding carboxylic acids is 1. The van der Waals surface area contributed by atoms with Crippen LogP contribution in [0.3, 0.4) is 0 Å². The number of carbonyl (C=O) groups is 1. The summed E-state index contributed by atoms with van der Waals surface area (Å²) in [4.78, 5) is 14.3. The summed E-state index contributed by atoms with van der Waals surface area (Å²) < 4.78 is 23.9. The van der Waals surface area contributed by atoms with E-state index in [4.69, 9.17) is 9.47 Å². The fraction of sp³-hybridized carbons (Fsp3) is 0.611. The second-order valence-corrected chi connectivity index (χ2v) is 6.99. The second kappa shape index (κ2) is 7.94. The lowest BCUT2D eigenvalue weighted by molar-refractivity contribution is -0.124. The van der Waals surface area contributed by atoms with E-state index < -0.39 is 0 Å². The van der Waals surface area contributed by atoms with Crippen LogP contribution in [0.1, 0.15) is 27.7 Å². The Morgan fingerprint density at radius 2 is 1.88 bits per heavy atom. The SMILES string of the molecule is C[C@@H]1CN(C(C)(C)CNC(=O)COc2ccc(F)cc2)C[C@H](C)O1. The Morgan fingerprint density at radius 3 is 2.46 bits per heavy atom. The first-order valence-corrected chi connectivity index (χ1v) is 8.32. The number of nitrogens with zero attached hydrogens (tertiary/aromatic N) is 1. The Bertz CT molecular complexity index is 538. The molecule has 0 unspecified atom stereocenters. The van der Waals surface area contributed by atoms with Gasteiger partial charge in [0.15, 0.2) is 6.61 Å². The monoisotopic (exact) mass is 338 g/mol. The standard InChI is InChI=1S/C18H27FN2O3/c1-13-9-21(10-14(2)24-13)18(3,4)12-20-17(22)11-23-16-7-5-15(19)6-8-16/h5-8,13-14H,9-12H2,1-4H3,(H,20,22)/t13-,14+. The van der Waals surface area contributed by atoms with Gasteiger partial charge >= 0.3 is 0 Å². The summed E-state index contributed by atoms with van der Waals surface area (Å²) in [5.41, 5.74) is -0.169. The van der Waals surface area contributed by atoms with Gasteiger partial charge < -0.3 is 14.8 Å². The Kier molecular flexibility index (Phi) is 6.18. The van der Waals surface area contributed by atoms with E-state index in [1.165, 1.54) is 24.3 Å². The molecule has 0 radical (unpaired) electrons. The minimum Gasteiger partial charge on any atom is -0.484 e. The fourth-order valence-corrected chi connectivity index (χ4v) is 2.83. The van der Waals surface area contributed by atoms with Gasteiger partial charge in [-0.05, 0) is 52.0 Å². The quantitative estimate of drug-likeness (QED) is 0.864. The van der Waals surface area contributed by atoms with Crippen LogP contribution in [-0.2, 0) is 9.53 Å². The number of amides is 1. The first kappa shape index (κ1) is 18.7. The largest absolute Gasteiger partial charge is 0.484 e. The van der Waals surface area contributed by atoms with Crippen LogP contribution in [0.5, 0.6) is 5.75 Å². The van der Waals surface area contributed by atoms with Crippen LogP contribution in [0, 0.1) is 5.82 Å². The molecule has 1 aliphatic rings. The normalized spacial score (nSPS) is 22.2. The number of hydrogen-bond acceptors (Lipinski definition) is 4. The number of nitrogens with one attached hydrogen (secondary N) is 1. The van der Waals surface area contributed by atoms with Crippen molar-refractivity contribution in [3.63, 3.8) is 0 Å². The highest BCUT2D eigenvalue weighted by Crippen LogP contribution is 2.20. The molecule has 1 heterocycles. The molecular weight excluding hydrogens is 311 g/mol. The van der Waals surface area contributed by atoms with E-state index in [2.05, 4.69) is 37.9 Å². The molecule has 2 rings (SSSR count). The van der Waals surface area contributed by atoms with E-state index in [0.717, 1.165) is 13.1 Å². The van der Waals surface area contributed by atoms with Gasteiger partial charge in [-0.3, -0.25) is 9.69 Å². The van der Waals surface area contributed by atoms with Gasteiger partial charge in [-0.2, -0.15) is 0 Å². The number of hydrogen-bond donors (Lipinski definition) is 1. The Labute approximate surface area is 143 Å². The average Bonchev–Trinajstić information content (AvgIpc) is 2.51. The van der Waals surface area contributed by atoms with Gasteiger partial charge in [-0.1, -0.05) is 0 Å². The third-order valence-corrected chi connectivity index (χ3v) is 4.18. The van der Waals surface area contributed by atoms with Gasteiger partial charge in [0.2, 0.25) is 0 Å². The van der Waals surface area contributed by atoms with E-state index in [1.54, 1.807) is 0 Å². The molecule has 0 spiro atoms. The minimum absolute atomic E-state index is 0.0857. The summed E-state index contributed by atoms with van der Waals surface area (Å²) in [5.74, 6) is -0.0501. The van der Waals surface area contributed by atoms with Crippen molar-refractivity contribution in [1.82, 2.24) is 10.2 Å². The molecule has 24 heavy (non-hydrogen) atoms. The molecule has 6 heteroatoms. The molecule has 2 atom stereocenters. The van der Waals surface area contributed by atoms with Gasteiger partial charge in [-0.25, -0.2) is 4.39 Å². The summed E-state index contributed by atoms with van der Waals surface area (Å²) >= 11 is 0. The van der Waals surface area contributed by atoms with Crippen LogP contribution in [0.4, 0.5) is 4.39 Å². The van der Waals surface area contributed by atoms with Gasteiger partial charge in [0.1, 0.15) is 11.6 Å². The molecule has 0 aromatic heterocycles. The maximum absolute atomic E-state index is 12.8. The minimum atomic E-state index is -0.331. The second-order valence-electron chi connectivity index (χ2n) is 6.99. The Morgan fingerprint density at radius 1 is 1.29 bits per heavy atom. The van der Waals surface area contributed by atoms with Gasteiger partial charge in [0.25, 0.3) is 5.91 Å². The maximum atomic E-state index is 12.8. The summed E-state index contributed by atoms with van der Waals surface area (Å²) in [7, 11) is 0. The molecule has 134 valence electrons. The number of halogens is 1. The molecule has 1 fully saturated rings. The molecule has 0 bridgehead atoms. The molecular formula is C18H27FN2O3. The maximum Gasteiger partial charge on any atom is 0.258 e. The van der Waals surface area contributed by atoms with Crippen molar-refractivity contribution in [2.45, 2.75) is 45.4 Å². The fourth-order valence-electron chi connectivity index (χ4n) is 2.83. The first-order chi connectivity index (χ1) is 11.3. The zero-order valence-corrected chi connectivity index (χ0v) is 14.8. The topological polar surface area (TPSA) is 50.8 Å². The average molecular weight is 338 g/mol. The lowest BCUT2D eigenvalue weighted by Gasteiger charge is -2.45. The Hall–Kier alpha value is -1.66. The van der Waals surface area contributed by atoms with Crippen LogP contribution in [-0.4, -0.2) is 54.8 Å². The number of benzene rings is 1. The third kappa shape index (κ3) is 5.46. The van der Waals surface area contributed by atoms with E-state index in [-0.39, 0.29) is 36.1 Å². The van der Waals surface area contributed by atoms with Crippen LogP contribution < -0.4 is 10.1 Å². The molecule has 1 N–H and O–H groups in total. The van der Waals surface area contributed by atoms with Crippen molar-refractivity contribution in [2.75, 3.05) is 26.2 Å². The van der Waals surface area contributed by atoms with Crippen molar-refractivity contribution in [3.05, 3.63) is 30.1 Å². The highest BCUT2D eigenvalue weighted by molar-refractivity contribution is 5.77.